The molecule has 5 atom stereocenters. The van der Waals surface area contributed by atoms with Crippen LogP contribution in [0.1, 0.15) is 101 Å². The average molecular weight is 710 g/mol. The number of alkyl carbamates (subject to hydrolysis) is 1. The molecule has 270 valence electrons. The van der Waals surface area contributed by atoms with E-state index in [9.17, 15) is 27.6 Å². The predicted molar refractivity (Wildman–Crippen MR) is 183 cm³/mol. The van der Waals surface area contributed by atoms with Crippen LogP contribution in [0.2, 0.25) is 0 Å². The number of hydrogen-bond acceptors (Lipinski definition) is 9. The van der Waals surface area contributed by atoms with Crippen molar-refractivity contribution in [1.82, 2.24) is 35.2 Å². The Morgan fingerprint density at radius 3 is 2.32 bits per heavy atom. The minimum absolute atomic E-state index is 0.102. The summed E-state index contributed by atoms with van der Waals surface area (Å²) >= 11 is 0. The minimum Gasteiger partial charge on any atom is -0.446 e. The standard InChI is InChI=1S/C35H47N7O7S/c1-21-16-28-29(17-22(21)2)39-42(38-28)24-18-30-31(43)37-35(33(45)40-50(47,48)26-14-15-26)19-23(35)10-6-4-3-5-7-13-27(32(44)41(30)20-24)36-34(46)49-25-11-8-9-12-25/h6,10,16-17,23-27,30H,3-5,7-9,11-15,18-20H2,1-2H3,(H,36,46)(H,37,43)(H,40,45)/b10-6+/t23-,24-,27-,30+,35-/m1/s1. The molecule has 1 aromatic heterocycles. The number of ether oxygens (including phenoxy) is 1. The number of carbonyl (C=O) groups excluding carboxylic acids is 4. The summed E-state index contributed by atoms with van der Waals surface area (Å²) in [6.07, 6.45) is 11.4. The highest BCUT2D eigenvalue weighted by atomic mass is 32.2. The summed E-state index contributed by atoms with van der Waals surface area (Å²) in [5, 5.41) is 14.5. The molecule has 50 heavy (non-hydrogen) atoms. The van der Waals surface area contributed by atoms with Crippen LogP contribution < -0.4 is 15.4 Å². The van der Waals surface area contributed by atoms with Gasteiger partial charge in [0.05, 0.1) is 11.3 Å². The zero-order valence-corrected chi connectivity index (χ0v) is 29.5. The fourth-order valence-corrected chi connectivity index (χ4v) is 9.00. The van der Waals surface area contributed by atoms with Gasteiger partial charge < -0.3 is 20.3 Å². The first-order chi connectivity index (χ1) is 23.9. The predicted octanol–water partition coefficient (Wildman–Crippen LogP) is 3.23. The van der Waals surface area contributed by atoms with Crippen LogP contribution in [0.4, 0.5) is 4.79 Å². The number of benzene rings is 1. The van der Waals surface area contributed by atoms with Crippen LogP contribution in [0, 0.1) is 19.8 Å². The first-order valence-corrected chi connectivity index (χ1v) is 19.6. The van der Waals surface area contributed by atoms with Gasteiger partial charge >= 0.3 is 6.09 Å². The molecule has 0 radical (unpaired) electrons. The van der Waals surface area contributed by atoms with Crippen LogP contribution in [-0.2, 0) is 29.1 Å². The van der Waals surface area contributed by atoms with E-state index >= 15 is 0 Å². The van der Waals surface area contributed by atoms with E-state index in [0.29, 0.717) is 36.7 Å². The Morgan fingerprint density at radius 1 is 0.960 bits per heavy atom. The SMILES string of the molecule is Cc1cc2nn([C@@H]3C[C@H]4C(=O)N[C@]5(C(=O)NS(=O)(=O)C6CC6)C[C@H]5/C=C/CCCCC[C@@H](NC(=O)OC5CCCC5)C(=O)N4C3)nc2cc1C. The summed E-state index contributed by atoms with van der Waals surface area (Å²) in [6.45, 7) is 4.09. The Morgan fingerprint density at radius 2 is 1.64 bits per heavy atom. The number of aromatic nitrogens is 3. The Hall–Kier alpha value is -4.01. The number of aryl methyl sites for hydroxylation is 2. The van der Waals surface area contributed by atoms with E-state index in [-0.39, 0.29) is 25.5 Å². The molecule has 2 aliphatic heterocycles. The molecule has 3 N–H and O–H groups in total. The summed E-state index contributed by atoms with van der Waals surface area (Å²) in [6, 6.07) is 1.48. The lowest BCUT2D eigenvalue weighted by atomic mass is 10.0. The van der Waals surface area contributed by atoms with Crippen LogP contribution in [0.3, 0.4) is 0 Å². The summed E-state index contributed by atoms with van der Waals surface area (Å²) in [5.74, 6) is -2.14. The molecule has 2 aromatic rings. The highest BCUT2D eigenvalue weighted by Gasteiger charge is 2.62. The number of amides is 4. The van der Waals surface area contributed by atoms with Gasteiger partial charge in [0.2, 0.25) is 21.8 Å². The summed E-state index contributed by atoms with van der Waals surface area (Å²) in [7, 11) is -3.86. The molecule has 5 aliphatic rings. The summed E-state index contributed by atoms with van der Waals surface area (Å²) in [5.41, 5.74) is 2.07. The molecular formula is C35H47N7O7S. The van der Waals surface area contributed by atoms with Gasteiger partial charge in [0.1, 0.15) is 34.8 Å². The monoisotopic (exact) mass is 709 g/mol. The topological polar surface area (TPSA) is 182 Å². The maximum absolute atomic E-state index is 14.5. The van der Waals surface area contributed by atoms with Crippen molar-refractivity contribution in [3.05, 3.63) is 35.4 Å². The second kappa shape index (κ2) is 13.6. The van der Waals surface area contributed by atoms with Crippen molar-refractivity contribution in [2.75, 3.05) is 6.54 Å². The van der Waals surface area contributed by atoms with Crippen molar-refractivity contribution in [3.63, 3.8) is 0 Å². The van der Waals surface area contributed by atoms with Crippen LogP contribution in [0.25, 0.3) is 11.0 Å². The van der Waals surface area contributed by atoms with Crippen LogP contribution in [0.5, 0.6) is 0 Å². The fourth-order valence-electron chi connectivity index (χ4n) is 7.63. The van der Waals surface area contributed by atoms with E-state index in [1.807, 2.05) is 38.1 Å². The van der Waals surface area contributed by atoms with Crippen LogP contribution in [-0.4, -0.2) is 87.6 Å². The Bertz CT molecular complexity index is 1780. The highest BCUT2D eigenvalue weighted by Crippen LogP contribution is 2.46. The molecular weight excluding hydrogens is 662 g/mol. The molecule has 1 saturated heterocycles. The first kappa shape index (κ1) is 34.4. The number of carbonyl (C=O) groups is 4. The third-order valence-corrected chi connectivity index (χ3v) is 12.9. The van der Waals surface area contributed by atoms with Gasteiger partial charge in [0.25, 0.3) is 5.91 Å². The first-order valence-electron chi connectivity index (χ1n) is 18.1. The molecule has 3 aliphatic carbocycles. The number of fused-ring (bicyclic) bond motifs is 3. The van der Waals surface area contributed by atoms with E-state index in [1.54, 1.807) is 4.80 Å². The smallest absolute Gasteiger partial charge is 0.408 e. The number of sulfonamides is 1. The Kier molecular flexibility index (Phi) is 9.37. The van der Waals surface area contributed by atoms with Gasteiger partial charge in [-0.2, -0.15) is 15.0 Å². The quantitative estimate of drug-likeness (QED) is 0.380. The molecule has 3 saturated carbocycles. The molecule has 14 nitrogen and oxygen atoms in total. The summed E-state index contributed by atoms with van der Waals surface area (Å²) < 4.78 is 33.5. The van der Waals surface area contributed by atoms with Gasteiger partial charge in [0, 0.05) is 18.9 Å². The maximum atomic E-state index is 14.5. The second-order valence-electron chi connectivity index (χ2n) is 14.9. The van der Waals surface area contributed by atoms with Gasteiger partial charge in [-0.15, -0.1) is 0 Å². The molecule has 7 rings (SSSR count). The molecule has 0 bridgehead atoms. The normalized spacial score (nSPS) is 30.1. The number of allylic oxidation sites excluding steroid dienone is 1. The highest BCUT2D eigenvalue weighted by molar-refractivity contribution is 7.91. The third kappa shape index (κ3) is 7.10. The molecule has 1 aromatic carbocycles. The lowest BCUT2D eigenvalue weighted by molar-refractivity contribution is -0.141. The van der Waals surface area contributed by atoms with Gasteiger partial charge in [-0.1, -0.05) is 25.0 Å². The fraction of sp³-hybridized carbons (Fsp3) is 0.657. The third-order valence-electron chi connectivity index (χ3n) is 11.1. The van der Waals surface area contributed by atoms with Crippen molar-refractivity contribution in [2.45, 2.75) is 132 Å². The largest absolute Gasteiger partial charge is 0.446 e. The van der Waals surface area contributed by atoms with Crippen LogP contribution >= 0.6 is 0 Å². The van der Waals surface area contributed by atoms with Gasteiger partial charge in [-0.3, -0.25) is 19.1 Å². The van der Waals surface area contributed by atoms with E-state index in [1.165, 1.54) is 4.90 Å². The Balaban J connectivity index is 1.19. The van der Waals surface area contributed by atoms with Gasteiger partial charge in [-0.05, 0) is 101 Å². The maximum Gasteiger partial charge on any atom is 0.408 e. The van der Waals surface area contributed by atoms with Crippen molar-refractivity contribution >= 4 is 44.9 Å². The average Bonchev–Trinajstić information content (AvgIpc) is 3.86. The van der Waals surface area contributed by atoms with E-state index in [2.05, 4.69) is 15.4 Å². The molecule has 0 spiro atoms. The zero-order valence-electron chi connectivity index (χ0n) is 28.7. The molecule has 15 heteroatoms. The van der Waals surface area contributed by atoms with Crippen molar-refractivity contribution in [3.8, 4) is 0 Å². The molecule has 3 heterocycles. The minimum atomic E-state index is -3.86. The molecule has 4 amide bonds. The lowest BCUT2D eigenvalue weighted by Crippen LogP contribution is -2.58. The second-order valence-corrected chi connectivity index (χ2v) is 16.8. The van der Waals surface area contributed by atoms with Gasteiger partial charge in [-0.25, -0.2) is 13.2 Å². The lowest BCUT2D eigenvalue weighted by Gasteiger charge is -2.30. The summed E-state index contributed by atoms with van der Waals surface area (Å²) in [4.78, 5) is 58.5. The Labute approximate surface area is 292 Å². The number of rotatable bonds is 6. The van der Waals surface area contributed by atoms with Crippen LogP contribution in [0.15, 0.2) is 24.3 Å². The van der Waals surface area contributed by atoms with Gasteiger partial charge in [0.15, 0.2) is 0 Å². The number of nitrogens with zero attached hydrogens (tertiary/aromatic N) is 4. The van der Waals surface area contributed by atoms with E-state index in [4.69, 9.17) is 14.9 Å². The zero-order chi connectivity index (χ0) is 35.2. The number of nitrogens with one attached hydrogen (secondary N) is 3. The van der Waals surface area contributed by atoms with Crippen molar-refractivity contribution < 1.29 is 32.3 Å². The van der Waals surface area contributed by atoms with E-state index in [0.717, 1.165) is 56.1 Å². The molecule has 4 fully saturated rings. The van der Waals surface area contributed by atoms with E-state index < -0.39 is 68.7 Å². The van der Waals surface area contributed by atoms with Crippen molar-refractivity contribution in [1.29, 1.82) is 0 Å². The van der Waals surface area contributed by atoms with Crippen molar-refractivity contribution in [2.24, 2.45) is 5.92 Å². The molecule has 0 unspecified atom stereocenters. The number of hydrogen-bond donors (Lipinski definition) is 3.